The standard InChI is InChI=1S/C22H23F3N4O2/c1-28-17-4-3-7-26-21(17)27-20(28)11-29-9-14-15(10-29)16(14)12-31-18-6-5-13(22(23,24)25)8-19(18)30-2/h3-8,14-16H,9-12H2,1-2H3/t14-,15+,16?. The zero-order valence-corrected chi connectivity index (χ0v) is 17.3. The minimum absolute atomic E-state index is 0.109. The second kappa shape index (κ2) is 7.40. The van der Waals surface area contributed by atoms with Crippen LogP contribution in [0.2, 0.25) is 0 Å². The van der Waals surface area contributed by atoms with Gasteiger partial charge in [0, 0.05) is 32.3 Å². The average molecular weight is 432 g/mol. The number of hydrogen-bond acceptors (Lipinski definition) is 5. The van der Waals surface area contributed by atoms with Crippen LogP contribution in [-0.2, 0) is 19.8 Å². The molecule has 1 aliphatic carbocycles. The van der Waals surface area contributed by atoms with E-state index >= 15 is 0 Å². The summed E-state index contributed by atoms with van der Waals surface area (Å²) in [4.78, 5) is 11.4. The van der Waals surface area contributed by atoms with Crippen molar-refractivity contribution in [3.8, 4) is 11.5 Å². The third-order valence-corrected chi connectivity index (χ3v) is 6.48. The Morgan fingerprint density at radius 2 is 1.90 bits per heavy atom. The molecule has 2 fully saturated rings. The maximum atomic E-state index is 12.9. The summed E-state index contributed by atoms with van der Waals surface area (Å²) < 4.78 is 51.7. The number of pyridine rings is 1. The Labute approximate surface area is 177 Å². The number of rotatable bonds is 6. The van der Waals surface area contributed by atoms with Crippen LogP contribution in [-0.4, -0.2) is 46.2 Å². The number of halogens is 3. The molecule has 1 unspecified atom stereocenters. The molecule has 6 nitrogen and oxygen atoms in total. The number of ether oxygens (including phenoxy) is 2. The lowest BCUT2D eigenvalue weighted by molar-refractivity contribution is -0.137. The van der Waals surface area contributed by atoms with Crippen LogP contribution >= 0.6 is 0 Å². The van der Waals surface area contributed by atoms with Crippen molar-refractivity contribution in [1.82, 2.24) is 19.4 Å². The van der Waals surface area contributed by atoms with E-state index in [1.165, 1.54) is 13.2 Å². The zero-order chi connectivity index (χ0) is 21.8. The largest absolute Gasteiger partial charge is 0.493 e. The second-order valence-corrected chi connectivity index (χ2v) is 8.29. The molecule has 2 aliphatic rings. The molecular formula is C22H23F3N4O2. The Hall–Kier alpha value is -2.81. The number of fused-ring (bicyclic) bond motifs is 2. The number of hydrogen-bond donors (Lipinski definition) is 0. The molecule has 5 rings (SSSR count). The van der Waals surface area contributed by atoms with Gasteiger partial charge in [0.15, 0.2) is 17.1 Å². The molecular weight excluding hydrogens is 409 g/mol. The Morgan fingerprint density at radius 1 is 1.13 bits per heavy atom. The maximum Gasteiger partial charge on any atom is 0.416 e. The molecule has 164 valence electrons. The second-order valence-electron chi connectivity index (χ2n) is 8.29. The number of imidazole rings is 1. The van der Waals surface area contributed by atoms with Crippen LogP contribution in [0.1, 0.15) is 11.4 Å². The summed E-state index contributed by atoms with van der Waals surface area (Å²) in [6.45, 7) is 3.21. The van der Waals surface area contributed by atoms with Crippen LogP contribution in [0.3, 0.4) is 0 Å². The van der Waals surface area contributed by atoms with E-state index in [1.54, 1.807) is 6.20 Å². The average Bonchev–Trinajstić information content (AvgIpc) is 3.05. The molecule has 31 heavy (non-hydrogen) atoms. The quantitative estimate of drug-likeness (QED) is 0.594. The lowest BCUT2D eigenvalue weighted by Crippen LogP contribution is -2.26. The van der Waals surface area contributed by atoms with E-state index in [0.29, 0.717) is 30.1 Å². The Bertz CT molecular complexity index is 1100. The van der Waals surface area contributed by atoms with Crippen molar-refractivity contribution < 1.29 is 22.6 Å². The van der Waals surface area contributed by atoms with E-state index in [0.717, 1.165) is 48.8 Å². The summed E-state index contributed by atoms with van der Waals surface area (Å²) >= 11 is 0. The molecule has 1 aromatic carbocycles. The third kappa shape index (κ3) is 3.71. The van der Waals surface area contributed by atoms with Gasteiger partial charge in [0.05, 0.1) is 31.3 Å². The fourth-order valence-electron chi connectivity index (χ4n) is 4.68. The summed E-state index contributed by atoms with van der Waals surface area (Å²) in [5, 5.41) is 0. The minimum Gasteiger partial charge on any atom is -0.493 e. The van der Waals surface area contributed by atoms with Gasteiger partial charge in [-0.2, -0.15) is 13.2 Å². The molecule has 0 N–H and O–H groups in total. The molecule has 0 spiro atoms. The molecule has 0 radical (unpaired) electrons. The molecule has 1 aliphatic heterocycles. The van der Waals surface area contributed by atoms with E-state index < -0.39 is 11.7 Å². The van der Waals surface area contributed by atoms with Gasteiger partial charge >= 0.3 is 6.18 Å². The summed E-state index contributed by atoms with van der Waals surface area (Å²) in [5.74, 6) is 2.98. The van der Waals surface area contributed by atoms with Crippen molar-refractivity contribution in [3.05, 3.63) is 47.9 Å². The van der Waals surface area contributed by atoms with Gasteiger partial charge in [-0.1, -0.05) is 0 Å². The molecule has 0 bridgehead atoms. The first-order valence-corrected chi connectivity index (χ1v) is 10.2. The molecule has 3 atom stereocenters. The van der Waals surface area contributed by atoms with Gasteiger partial charge in [-0.15, -0.1) is 0 Å². The van der Waals surface area contributed by atoms with Gasteiger partial charge in [-0.05, 0) is 42.2 Å². The van der Waals surface area contributed by atoms with Crippen molar-refractivity contribution in [1.29, 1.82) is 0 Å². The first-order valence-electron chi connectivity index (χ1n) is 10.2. The third-order valence-electron chi connectivity index (χ3n) is 6.48. The lowest BCUT2D eigenvalue weighted by Gasteiger charge is -2.19. The number of nitrogens with zero attached hydrogens (tertiary/aromatic N) is 4. The monoisotopic (exact) mass is 432 g/mol. The Balaban J connectivity index is 1.16. The van der Waals surface area contributed by atoms with Crippen LogP contribution in [0, 0.1) is 17.8 Å². The van der Waals surface area contributed by atoms with E-state index in [4.69, 9.17) is 9.47 Å². The zero-order valence-electron chi connectivity index (χ0n) is 17.3. The first kappa shape index (κ1) is 20.1. The van der Waals surface area contributed by atoms with Gasteiger partial charge in [0.1, 0.15) is 5.82 Å². The van der Waals surface area contributed by atoms with E-state index in [-0.39, 0.29) is 5.75 Å². The molecule has 0 amide bonds. The highest BCUT2D eigenvalue weighted by atomic mass is 19.4. The normalized spacial score (nSPS) is 23.2. The van der Waals surface area contributed by atoms with Crippen molar-refractivity contribution in [2.75, 3.05) is 26.8 Å². The van der Waals surface area contributed by atoms with Gasteiger partial charge in [0.2, 0.25) is 0 Å². The summed E-state index contributed by atoms with van der Waals surface area (Å²) in [6, 6.07) is 7.28. The highest BCUT2D eigenvalue weighted by Gasteiger charge is 2.55. The first-order chi connectivity index (χ1) is 14.8. The molecule has 9 heteroatoms. The molecule has 2 aromatic heterocycles. The molecule has 1 saturated carbocycles. The Kier molecular flexibility index (Phi) is 4.80. The van der Waals surface area contributed by atoms with Crippen molar-refractivity contribution in [2.45, 2.75) is 12.7 Å². The van der Waals surface area contributed by atoms with Crippen molar-refractivity contribution in [3.63, 3.8) is 0 Å². The highest BCUT2D eigenvalue weighted by Crippen LogP contribution is 2.52. The van der Waals surface area contributed by atoms with Gasteiger partial charge < -0.3 is 14.0 Å². The molecule has 1 saturated heterocycles. The number of aromatic nitrogens is 3. The maximum absolute atomic E-state index is 12.9. The number of aryl methyl sites for hydroxylation is 1. The number of benzene rings is 1. The van der Waals surface area contributed by atoms with E-state index in [9.17, 15) is 13.2 Å². The smallest absolute Gasteiger partial charge is 0.416 e. The molecule has 3 aromatic rings. The van der Waals surface area contributed by atoms with Crippen molar-refractivity contribution in [2.24, 2.45) is 24.8 Å². The highest BCUT2D eigenvalue weighted by molar-refractivity contribution is 5.71. The van der Waals surface area contributed by atoms with Gasteiger partial charge in [-0.3, -0.25) is 4.90 Å². The molecule has 3 heterocycles. The van der Waals surface area contributed by atoms with Gasteiger partial charge in [0.25, 0.3) is 0 Å². The number of alkyl halides is 3. The van der Waals surface area contributed by atoms with Crippen LogP contribution in [0.15, 0.2) is 36.5 Å². The predicted molar refractivity (Wildman–Crippen MR) is 108 cm³/mol. The summed E-state index contributed by atoms with van der Waals surface area (Å²) in [6.07, 6.45) is -2.65. The summed E-state index contributed by atoms with van der Waals surface area (Å²) in [5.41, 5.74) is 1.05. The van der Waals surface area contributed by atoms with Crippen LogP contribution in [0.5, 0.6) is 11.5 Å². The van der Waals surface area contributed by atoms with Gasteiger partial charge in [-0.25, -0.2) is 9.97 Å². The Morgan fingerprint density at radius 3 is 2.58 bits per heavy atom. The van der Waals surface area contributed by atoms with Crippen LogP contribution in [0.4, 0.5) is 13.2 Å². The number of piperidine rings is 1. The lowest BCUT2D eigenvalue weighted by atomic mass is 10.2. The fourth-order valence-corrected chi connectivity index (χ4v) is 4.68. The topological polar surface area (TPSA) is 52.4 Å². The number of methoxy groups -OCH3 is 1. The van der Waals surface area contributed by atoms with Crippen molar-refractivity contribution >= 4 is 11.2 Å². The van der Waals surface area contributed by atoms with E-state index in [1.807, 2.05) is 19.2 Å². The predicted octanol–water partition coefficient (Wildman–Crippen LogP) is 3.75. The fraction of sp³-hybridized carbons (Fsp3) is 0.455. The van der Waals surface area contributed by atoms with Crippen LogP contribution < -0.4 is 9.47 Å². The number of likely N-dealkylation sites (tertiary alicyclic amines) is 1. The minimum atomic E-state index is -4.40. The SMILES string of the molecule is COc1cc(C(F)(F)F)ccc1OCC1[C@H]2CN(Cc3nc4ncccc4n3C)C[C@@H]12. The summed E-state index contributed by atoms with van der Waals surface area (Å²) in [7, 11) is 3.36. The van der Waals surface area contributed by atoms with E-state index in [2.05, 4.69) is 19.4 Å². The van der Waals surface area contributed by atoms with Crippen LogP contribution in [0.25, 0.3) is 11.2 Å².